The first-order valence-corrected chi connectivity index (χ1v) is 12.1. The number of nitrogens with zero attached hydrogens (tertiary/aromatic N) is 2. The summed E-state index contributed by atoms with van der Waals surface area (Å²) in [5.74, 6) is -0.517. The number of benzene rings is 2. The third-order valence-electron chi connectivity index (χ3n) is 7.28. The minimum Gasteiger partial charge on any atom is -0.427 e. The summed E-state index contributed by atoms with van der Waals surface area (Å²) in [5, 5.41) is 2.73. The van der Waals surface area contributed by atoms with Gasteiger partial charge in [-0.3, -0.25) is 14.4 Å². The maximum absolute atomic E-state index is 13.5. The second-order valence-electron chi connectivity index (χ2n) is 9.72. The van der Waals surface area contributed by atoms with Gasteiger partial charge in [0.25, 0.3) is 5.91 Å². The molecule has 4 amide bonds. The minimum atomic E-state index is -1.41. The Kier molecular flexibility index (Phi) is 5.83. The van der Waals surface area contributed by atoms with Crippen LogP contribution in [0.4, 0.5) is 10.5 Å². The second kappa shape index (κ2) is 8.83. The molecule has 1 saturated carbocycles. The summed E-state index contributed by atoms with van der Waals surface area (Å²) in [6.45, 7) is 3.54. The Balaban J connectivity index is 1.36. The van der Waals surface area contributed by atoms with Crippen molar-refractivity contribution in [3.63, 3.8) is 0 Å². The molecule has 1 unspecified atom stereocenters. The van der Waals surface area contributed by atoms with Crippen LogP contribution in [0.2, 0.25) is 0 Å². The predicted molar refractivity (Wildman–Crippen MR) is 128 cm³/mol. The fourth-order valence-electron chi connectivity index (χ4n) is 5.23. The summed E-state index contributed by atoms with van der Waals surface area (Å²) in [4.78, 5) is 54.0. The first kappa shape index (κ1) is 23.1. The van der Waals surface area contributed by atoms with Gasteiger partial charge in [0.2, 0.25) is 17.4 Å². The third kappa shape index (κ3) is 4.29. The van der Waals surface area contributed by atoms with Gasteiger partial charge >= 0.3 is 6.09 Å². The van der Waals surface area contributed by atoms with Crippen molar-refractivity contribution in [1.29, 1.82) is 0 Å². The molecule has 5 rings (SSSR count). The zero-order valence-electron chi connectivity index (χ0n) is 20.0. The first-order chi connectivity index (χ1) is 16.8. The van der Waals surface area contributed by atoms with Crippen LogP contribution in [0.25, 0.3) is 0 Å². The molecule has 3 aliphatic rings. The molecule has 1 spiro atoms. The number of anilines is 1. The molecule has 2 atom stereocenters. The molecule has 35 heavy (non-hydrogen) atoms. The van der Waals surface area contributed by atoms with Gasteiger partial charge in [0, 0.05) is 37.2 Å². The Morgan fingerprint density at radius 3 is 2.60 bits per heavy atom. The SMILES string of the molecule is CC(=O)Nc1ccc2c(c1)CCC21OC(=O)N(CC(=O)N(Cc2ccccc2)[C@@H](C)C2CC2)C1=O. The van der Waals surface area contributed by atoms with Crippen molar-refractivity contribution >= 4 is 29.5 Å². The predicted octanol–water partition coefficient (Wildman–Crippen LogP) is 3.59. The fourth-order valence-corrected chi connectivity index (χ4v) is 5.23. The van der Waals surface area contributed by atoms with Crippen molar-refractivity contribution in [1.82, 2.24) is 9.80 Å². The molecule has 2 aromatic carbocycles. The van der Waals surface area contributed by atoms with Gasteiger partial charge in [-0.05, 0) is 55.4 Å². The highest BCUT2D eigenvalue weighted by Gasteiger charge is 2.58. The highest BCUT2D eigenvalue weighted by Crippen LogP contribution is 2.46. The van der Waals surface area contributed by atoms with E-state index in [0.29, 0.717) is 36.6 Å². The van der Waals surface area contributed by atoms with Crippen molar-refractivity contribution in [2.24, 2.45) is 5.92 Å². The number of aryl methyl sites for hydroxylation is 1. The summed E-state index contributed by atoms with van der Waals surface area (Å²) in [6.07, 6.45) is 2.20. The maximum atomic E-state index is 13.5. The molecular formula is C27H29N3O5. The van der Waals surface area contributed by atoms with E-state index in [1.165, 1.54) is 6.92 Å². The van der Waals surface area contributed by atoms with Gasteiger partial charge in [0.05, 0.1) is 0 Å². The lowest BCUT2D eigenvalue weighted by Crippen LogP contribution is -2.47. The van der Waals surface area contributed by atoms with Gasteiger partial charge in [-0.1, -0.05) is 36.4 Å². The molecule has 8 nitrogen and oxygen atoms in total. The molecule has 0 aromatic heterocycles. The van der Waals surface area contributed by atoms with Crippen LogP contribution in [0, 0.1) is 5.92 Å². The Labute approximate surface area is 204 Å². The van der Waals surface area contributed by atoms with E-state index in [-0.39, 0.29) is 24.4 Å². The number of fused-ring (bicyclic) bond motifs is 2. The molecular weight excluding hydrogens is 446 g/mol. The molecule has 2 aliphatic carbocycles. The average Bonchev–Trinajstić information content (AvgIpc) is 3.58. The normalized spacial score (nSPS) is 21.6. The summed E-state index contributed by atoms with van der Waals surface area (Å²) >= 11 is 0. The van der Waals surface area contributed by atoms with E-state index in [0.717, 1.165) is 28.9 Å². The van der Waals surface area contributed by atoms with Crippen LogP contribution < -0.4 is 5.32 Å². The van der Waals surface area contributed by atoms with E-state index in [1.54, 1.807) is 23.1 Å². The van der Waals surface area contributed by atoms with Gasteiger partial charge < -0.3 is 15.0 Å². The molecule has 1 N–H and O–H groups in total. The Bertz CT molecular complexity index is 1190. The molecule has 1 heterocycles. The fraction of sp³-hybridized carbons (Fsp3) is 0.407. The number of rotatable bonds is 7. The second-order valence-corrected chi connectivity index (χ2v) is 9.72. The van der Waals surface area contributed by atoms with E-state index in [2.05, 4.69) is 5.32 Å². The van der Waals surface area contributed by atoms with Crippen molar-refractivity contribution in [3.8, 4) is 0 Å². The highest BCUT2D eigenvalue weighted by molar-refractivity contribution is 6.06. The van der Waals surface area contributed by atoms with Gasteiger partial charge in [0.15, 0.2) is 0 Å². The quantitative estimate of drug-likeness (QED) is 0.660. The lowest BCUT2D eigenvalue weighted by molar-refractivity contribution is -0.143. The number of ether oxygens (including phenoxy) is 1. The Morgan fingerprint density at radius 2 is 1.91 bits per heavy atom. The molecule has 2 aromatic rings. The van der Waals surface area contributed by atoms with Crippen molar-refractivity contribution in [2.75, 3.05) is 11.9 Å². The van der Waals surface area contributed by atoms with Crippen LogP contribution in [0.3, 0.4) is 0 Å². The first-order valence-electron chi connectivity index (χ1n) is 12.1. The molecule has 8 heteroatoms. The van der Waals surface area contributed by atoms with Gasteiger partial charge in [-0.2, -0.15) is 0 Å². The third-order valence-corrected chi connectivity index (χ3v) is 7.28. The molecule has 0 bridgehead atoms. The molecule has 0 radical (unpaired) electrons. The lowest BCUT2D eigenvalue weighted by atomic mass is 9.94. The Hall–Kier alpha value is -3.68. The highest BCUT2D eigenvalue weighted by atomic mass is 16.6. The summed E-state index contributed by atoms with van der Waals surface area (Å²) in [6, 6.07) is 15.0. The van der Waals surface area contributed by atoms with Gasteiger partial charge in [-0.25, -0.2) is 9.69 Å². The zero-order valence-corrected chi connectivity index (χ0v) is 20.0. The van der Waals surface area contributed by atoms with Crippen LogP contribution in [-0.2, 0) is 37.7 Å². The van der Waals surface area contributed by atoms with E-state index in [9.17, 15) is 19.2 Å². The number of imide groups is 1. The van der Waals surface area contributed by atoms with Gasteiger partial charge in [0.1, 0.15) is 6.54 Å². The molecule has 1 saturated heterocycles. The molecule has 1 aliphatic heterocycles. The summed E-state index contributed by atoms with van der Waals surface area (Å²) < 4.78 is 5.68. The van der Waals surface area contributed by atoms with E-state index in [4.69, 9.17) is 4.74 Å². The lowest BCUT2D eigenvalue weighted by Gasteiger charge is -2.30. The number of carbonyl (C=O) groups excluding carboxylic acids is 4. The van der Waals surface area contributed by atoms with Crippen molar-refractivity contribution in [3.05, 3.63) is 65.2 Å². The van der Waals surface area contributed by atoms with Gasteiger partial charge in [-0.15, -0.1) is 0 Å². The zero-order chi connectivity index (χ0) is 24.7. The largest absolute Gasteiger partial charge is 0.427 e. The number of hydrogen-bond acceptors (Lipinski definition) is 5. The topological polar surface area (TPSA) is 96.0 Å². The van der Waals surface area contributed by atoms with Crippen molar-refractivity contribution in [2.45, 2.75) is 57.7 Å². The van der Waals surface area contributed by atoms with Crippen LogP contribution in [0.5, 0.6) is 0 Å². The van der Waals surface area contributed by atoms with Crippen LogP contribution in [-0.4, -0.2) is 46.2 Å². The summed E-state index contributed by atoms with van der Waals surface area (Å²) in [5.41, 5.74) is 1.68. The van der Waals surface area contributed by atoms with Crippen LogP contribution >= 0.6 is 0 Å². The van der Waals surface area contributed by atoms with Crippen LogP contribution in [0.15, 0.2) is 48.5 Å². The summed E-state index contributed by atoms with van der Waals surface area (Å²) in [7, 11) is 0. The van der Waals surface area contributed by atoms with Crippen LogP contribution in [0.1, 0.15) is 49.8 Å². The standard InChI is InChI=1S/C27H29N3O5/c1-17(20-8-9-20)29(15-19-6-4-3-5-7-19)24(32)16-30-25(33)27(35-26(30)34)13-12-21-14-22(28-18(2)31)10-11-23(21)27/h3-7,10-11,14,17,20H,8-9,12-13,15-16H2,1-2H3,(H,28,31)/t17-,27?/m0/s1. The molecule has 2 fully saturated rings. The number of amides is 4. The smallest absolute Gasteiger partial charge is 0.418 e. The maximum Gasteiger partial charge on any atom is 0.418 e. The van der Waals surface area contributed by atoms with E-state index >= 15 is 0 Å². The Morgan fingerprint density at radius 1 is 1.17 bits per heavy atom. The van der Waals surface area contributed by atoms with Crippen molar-refractivity contribution < 1.29 is 23.9 Å². The molecule has 182 valence electrons. The number of hydrogen-bond donors (Lipinski definition) is 1. The number of nitrogens with one attached hydrogen (secondary N) is 1. The number of carbonyl (C=O) groups is 4. The van der Waals surface area contributed by atoms with E-state index in [1.807, 2.05) is 37.3 Å². The monoisotopic (exact) mass is 475 g/mol. The van der Waals surface area contributed by atoms with E-state index < -0.39 is 17.6 Å². The minimum absolute atomic E-state index is 0.0183. The average molecular weight is 476 g/mol.